The van der Waals surface area contributed by atoms with E-state index in [-0.39, 0.29) is 12.4 Å². The Morgan fingerprint density at radius 1 is 1.42 bits per heavy atom. The predicted octanol–water partition coefficient (Wildman–Crippen LogP) is 1.34. The second-order valence-electron chi connectivity index (χ2n) is 5.30. The molecule has 0 amide bonds. The summed E-state index contributed by atoms with van der Waals surface area (Å²) in [4.78, 5) is 1.98. The summed E-state index contributed by atoms with van der Waals surface area (Å²) in [6, 6.07) is 4.86. The van der Waals surface area contributed by atoms with E-state index in [1.54, 1.807) is 26.0 Å². The van der Waals surface area contributed by atoms with Gasteiger partial charge >= 0.3 is 0 Å². The number of rotatable bonds is 4. The van der Waals surface area contributed by atoms with E-state index in [0.29, 0.717) is 18.7 Å². The van der Waals surface area contributed by atoms with Gasteiger partial charge in [-0.15, -0.1) is 0 Å². The van der Waals surface area contributed by atoms with Crippen molar-refractivity contribution < 1.29 is 9.50 Å². The highest BCUT2D eigenvalue weighted by atomic mass is 19.1. The minimum atomic E-state index is -0.753. The zero-order chi connectivity index (χ0) is 14.5. The Morgan fingerprint density at radius 3 is 2.68 bits per heavy atom. The van der Waals surface area contributed by atoms with Crippen molar-refractivity contribution in [2.45, 2.75) is 26.0 Å². The maximum atomic E-state index is 13.5. The summed E-state index contributed by atoms with van der Waals surface area (Å²) in [5.41, 5.74) is 5.84. The zero-order valence-electron chi connectivity index (χ0n) is 11.7. The van der Waals surface area contributed by atoms with E-state index >= 15 is 0 Å². The van der Waals surface area contributed by atoms with Crippen molar-refractivity contribution in [1.82, 2.24) is 4.90 Å². The zero-order valence-corrected chi connectivity index (χ0v) is 11.7. The molecule has 0 aliphatic heterocycles. The molecule has 1 rings (SSSR count). The second-order valence-corrected chi connectivity index (χ2v) is 5.30. The molecule has 0 heterocycles. The summed E-state index contributed by atoms with van der Waals surface area (Å²) < 4.78 is 13.5. The first-order valence-corrected chi connectivity index (χ1v) is 6.20. The van der Waals surface area contributed by atoms with Crippen molar-refractivity contribution in [1.29, 1.82) is 0 Å². The lowest BCUT2D eigenvalue weighted by molar-refractivity contribution is 0.0425. The van der Waals surface area contributed by atoms with Crippen molar-refractivity contribution in [2.24, 2.45) is 5.73 Å². The first-order valence-electron chi connectivity index (χ1n) is 6.20. The highest BCUT2D eigenvalue weighted by Gasteiger charge is 2.15. The molecular weight excluding hydrogens is 243 g/mol. The molecule has 0 bridgehead atoms. The Balaban J connectivity index is 2.79. The number of hydrogen-bond acceptors (Lipinski definition) is 3. The third-order valence-electron chi connectivity index (χ3n) is 2.47. The van der Waals surface area contributed by atoms with Crippen LogP contribution in [0, 0.1) is 17.7 Å². The fraction of sp³-hybridized carbons (Fsp3) is 0.467. The van der Waals surface area contributed by atoms with Crippen LogP contribution in [0.5, 0.6) is 0 Å². The molecule has 0 aliphatic carbocycles. The van der Waals surface area contributed by atoms with Crippen LogP contribution in [-0.4, -0.2) is 35.7 Å². The fourth-order valence-corrected chi connectivity index (χ4v) is 1.94. The number of halogens is 1. The summed E-state index contributed by atoms with van der Waals surface area (Å²) in [7, 11) is 1.91. The van der Waals surface area contributed by atoms with Gasteiger partial charge in [-0.2, -0.15) is 0 Å². The first-order chi connectivity index (χ1) is 8.81. The molecule has 19 heavy (non-hydrogen) atoms. The minimum Gasteiger partial charge on any atom is -0.389 e. The molecule has 0 saturated carbocycles. The average molecular weight is 264 g/mol. The molecule has 0 saturated heterocycles. The van der Waals surface area contributed by atoms with Gasteiger partial charge in [-0.25, -0.2) is 4.39 Å². The molecular formula is C15H21FN2O. The van der Waals surface area contributed by atoms with Gasteiger partial charge in [0.15, 0.2) is 0 Å². The minimum absolute atomic E-state index is 0.211. The highest BCUT2D eigenvalue weighted by Crippen LogP contribution is 2.12. The molecule has 104 valence electrons. The molecule has 1 aromatic carbocycles. The molecule has 0 aromatic heterocycles. The maximum absolute atomic E-state index is 13.5. The molecule has 3 N–H and O–H groups in total. The van der Waals surface area contributed by atoms with Crippen LogP contribution < -0.4 is 5.73 Å². The number of nitrogens with zero attached hydrogens (tertiary/aromatic N) is 1. The first kappa shape index (κ1) is 15.6. The molecule has 4 heteroatoms. The summed E-state index contributed by atoms with van der Waals surface area (Å²) in [6.07, 6.45) is 0. The van der Waals surface area contributed by atoms with E-state index in [1.807, 2.05) is 11.9 Å². The Kier molecular flexibility index (Phi) is 5.49. The lowest BCUT2D eigenvalue weighted by atomic mass is 10.1. The monoisotopic (exact) mass is 264 g/mol. The molecule has 1 aromatic rings. The molecule has 0 spiro atoms. The van der Waals surface area contributed by atoms with E-state index < -0.39 is 5.60 Å². The van der Waals surface area contributed by atoms with Crippen LogP contribution >= 0.6 is 0 Å². The largest absolute Gasteiger partial charge is 0.389 e. The van der Waals surface area contributed by atoms with E-state index in [9.17, 15) is 9.50 Å². The van der Waals surface area contributed by atoms with Gasteiger partial charge in [0, 0.05) is 13.1 Å². The predicted molar refractivity (Wildman–Crippen MR) is 75.0 cm³/mol. The normalized spacial score (nSPS) is 11.3. The third-order valence-corrected chi connectivity index (χ3v) is 2.47. The van der Waals surface area contributed by atoms with Gasteiger partial charge in [-0.3, -0.25) is 4.90 Å². The summed E-state index contributed by atoms with van der Waals surface area (Å²) >= 11 is 0. The molecule has 0 aliphatic rings. The van der Waals surface area contributed by atoms with Crippen molar-refractivity contribution >= 4 is 0 Å². The molecule has 0 atom stereocenters. The van der Waals surface area contributed by atoms with Crippen molar-refractivity contribution in [3.8, 4) is 11.8 Å². The fourth-order valence-electron chi connectivity index (χ4n) is 1.94. The van der Waals surface area contributed by atoms with Gasteiger partial charge < -0.3 is 10.8 Å². The number of likely N-dealkylation sites (N-methyl/N-ethyl adjacent to an activating group) is 1. The Hall–Kier alpha value is -1.41. The van der Waals surface area contributed by atoms with Crippen LogP contribution in [0.25, 0.3) is 0 Å². The number of benzene rings is 1. The maximum Gasteiger partial charge on any atom is 0.138 e. The van der Waals surface area contributed by atoms with E-state index in [2.05, 4.69) is 11.8 Å². The number of hydrogen-bond donors (Lipinski definition) is 2. The second kappa shape index (κ2) is 6.67. The average Bonchev–Trinajstić information content (AvgIpc) is 2.27. The summed E-state index contributed by atoms with van der Waals surface area (Å²) in [5, 5.41) is 9.74. The molecule has 0 radical (unpaired) electrons. The van der Waals surface area contributed by atoms with Crippen LogP contribution in [0.3, 0.4) is 0 Å². The van der Waals surface area contributed by atoms with E-state index in [0.717, 1.165) is 5.56 Å². The van der Waals surface area contributed by atoms with Crippen LogP contribution in [0.1, 0.15) is 25.0 Å². The lowest BCUT2D eigenvalue weighted by Gasteiger charge is -2.25. The van der Waals surface area contributed by atoms with E-state index in [1.165, 1.54) is 6.07 Å². The topological polar surface area (TPSA) is 49.5 Å². The summed E-state index contributed by atoms with van der Waals surface area (Å²) in [6.45, 7) is 4.89. The van der Waals surface area contributed by atoms with Crippen LogP contribution in [0.2, 0.25) is 0 Å². The van der Waals surface area contributed by atoms with Crippen LogP contribution in [-0.2, 0) is 6.54 Å². The van der Waals surface area contributed by atoms with Crippen LogP contribution in [0.15, 0.2) is 18.2 Å². The highest BCUT2D eigenvalue weighted by molar-refractivity contribution is 5.38. The Morgan fingerprint density at radius 2 is 2.11 bits per heavy atom. The van der Waals surface area contributed by atoms with Crippen molar-refractivity contribution in [2.75, 3.05) is 20.1 Å². The lowest BCUT2D eigenvalue weighted by Crippen LogP contribution is -2.35. The molecule has 3 nitrogen and oxygen atoms in total. The van der Waals surface area contributed by atoms with Gasteiger partial charge in [-0.05, 0) is 38.6 Å². The summed E-state index contributed by atoms with van der Waals surface area (Å²) in [5.74, 6) is 5.03. The van der Waals surface area contributed by atoms with Gasteiger partial charge in [0.1, 0.15) is 5.82 Å². The van der Waals surface area contributed by atoms with Gasteiger partial charge in [0.25, 0.3) is 0 Å². The van der Waals surface area contributed by atoms with Gasteiger partial charge in [-0.1, -0.05) is 17.9 Å². The molecule has 0 fully saturated rings. The molecule has 0 unspecified atom stereocenters. The van der Waals surface area contributed by atoms with Crippen molar-refractivity contribution in [3.63, 3.8) is 0 Å². The van der Waals surface area contributed by atoms with Crippen molar-refractivity contribution in [3.05, 3.63) is 35.1 Å². The Bertz CT molecular complexity index is 483. The standard InChI is InChI=1S/C15H21FN2O/c1-15(2,19)11-18(3)10-12-6-7-14(16)13(9-12)5-4-8-17/h6-7,9,19H,8,10-11,17H2,1-3H3. The SMILES string of the molecule is CN(Cc1ccc(F)c(C#CCN)c1)CC(C)(C)O. The van der Waals surface area contributed by atoms with E-state index in [4.69, 9.17) is 5.73 Å². The Labute approximate surface area is 114 Å². The third kappa shape index (κ3) is 5.84. The van der Waals surface area contributed by atoms with Crippen LogP contribution in [0.4, 0.5) is 4.39 Å². The van der Waals surface area contributed by atoms with Gasteiger partial charge in [0.2, 0.25) is 0 Å². The van der Waals surface area contributed by atoms with Gasteiger partial charge in [0.05, 0.1) is 17.7 Å². The number of aliphatic hydroxyl groups is 1. The quantitative estimate of drug-likeness (QED) is 0.807. The smallest absolute Gasteiger partial charge is 0.138 e. The number of nitrogens with two attached hydrogens (primary N) is 1.